The van der Waals surface area contributed by atoms with Crippen LogP contribution in [0.15, 0.2) is 24.3 Å². The van der Waals surface area contributed by atoms with Gasteiger partial charge in [-0.05, 0) is 44.4 Å². The molecule has 1 aromatic carbocycles. The Kier molecular flexibility index (Phi) is 5.84. The lowest BCUT2D eigenvalue weighted by Crippen LogP contribution is -2.21. The minimum absolute atomic E-state index is 0.0513. The maximum absolute atomic E-state index is 5.81. The molecule has 0 N–H and O–H groups in total. The van der Waals surface area contributed by atoms with Gasteiger partial charge in [0.05, 0.1) is 19.8 Å². The van der Waals surface area contributed by atoms with Gasteiger partial charge in [-0.2, -0.15) is 0 Å². The van der Waals surface area contributed by atoms with Crippen LogP contribution in [0.2, 0.25) is 0 Å². The molecular weight excluding hydrogens is 280 g/mol. The molecule has 4 nitrogen and oxygen atoms in total. The third kappa shape index (κ3) is 4.74. The van der Waals surface area contributed by atoms with Crippen LogP contribution in [0.25, 0.3) is 0 Å². The van der Waals surface area contributed by atoms with Crippen LogP contribution in [0.5, 0.6) is 5.75 Å². The monoisotopic (exact) mass is 304 g/mol. The molecule has 1 aliphatic heterocycles. The van der Waals surface area contributed by atoms with Crippen molar-refractivity contribution in [3.05, 3.63) is 29.8 Å². The number of hydrogen-bond donors (Lipinski definition) is 0. The fourth-order valence-corrected chi connectivity index (χ4v) is 2.49. The largest absolute Gasteiger partial charge is 0.497 e. The van der Waals surface area contributed by atoms with E-state index >= 15 is 0 Å². The van der Waals surface area contributed by atoms with E-state index < -0.39 is 5.79 Å². The maximum Gasteiger partial charge on any atom is 0.165 e. The second-order valence-electron chi connectivity index (χ2n) is 5.80. The Morgan fingerprint density at radius 3 is 2.59 bits per heavy atom. The van der Waals surface area contributed by atoms with Gasteiger partial charge in [0.25, 0.3) is 0 Å². The first-order chi connectivity index (χ1) is 10.5. The lowest BCUT2D eigenvalue weighted by molar-refractivity contribution is -0.143. The number of hydrogen-bond acceptors (Lipinski definition) is 4. The number of methoxy groups -OCH3 is 1. The Labute approximate surface area is 132 Å². The van der Waals surface area contributed by atoms with Gasteiger partial charge >= 0.3 is 0 Å². The van der Waals surface area contributed by atoms with Gasteiger partial charge in [0.1, 0.15) is 11.9 Å². The van der Waals surface area contributed by atoms with Crippen molar-refractivity contribution in [2.75, 3.05) is 13.7 Å². The average molecular weight is 304 g/mol. The Morgan fingerprint density at radius 2 is 1.95 bits per heavy atom. The molecule has 0 amide bonds. The lowest BCUT2D eigenvalue weighted by Gasteiger charge is -2.16. The fourth-order valence-electron chi connectivity index (χ4n) is 2.49. The van der Waals surface area contributed by atoms with E-state index in [1.807, 2.05) is 38.1 Å². The van der Waals surface area contributed by atoms with Gasteiger partial charge in [-0.15, -0.1) is 6.42 Å². The van der Waals surface area contributed by atoms with Crippen molar-refractivity contribution in [2.45, 2.75) is 51.3 Å². The van der Waals surface area contributed by atoms with E-state index in [0.717, 1.165) is 24.2 Å². The summed E-state index contributed by atoms with van der Waals surface area (Å²) in [7, 11) is 1.66. The van der Waals surface area contributed by atoms with E-state index in [-0.39, 0.29) is 12.2 Å². The first-order valence-corrected chi connectivity index (χ1v) is 7.56. The molecule has 22 heavy (non-hydrogen) atoms. The highest BCUT2D eigenvalue weighted by molar-refractivity contribution is 5.26. The summed E-state index contributed by atoms with van der Waals surface area (Å²) in [6, 6.07) is 7.87. The number of ether oxygens (including phenoxy) is 4. The van der Waals surface area contributed by atoms with Crippen LogP contribution in [-0.2, 0) is 20.8 Å². The normalized spacial score (nSPS) is 23.2. The predicted molar refractivity (Wildman–Crippen MR) is 84.5 cm³/mol. The van der Waals surface area contributed by atoms with Crippen LogP contribution in [0, 0.1) is 12.3 Å². The van der Waals surface area contributed by atoms with Crippen molar-refractivity contribution in [3.8, 4) is 18.1 Å². The molecule has 1 heterocycles. The van der Waals surface area contributed by atoms with Crippen molar-refractivity contribution in [3.63, 3.8) is 0 Å². The molecule has 0 unspecified atom stereocenters. The number of benzene rings is 1. The van der Waals surface area contributed by atoms with Crippen LogP contribution in [0.4, 0.5) is 0 Å². The topological polar surface area (TPSA) is 36.9 Å². The van der Waals surface area contributed by atoms with E-state index in [2.05, 4.69) is 5.92 Å². The van der Waals surface area contributed by atoms with Crippen LogP contribution in [-0.4, -0.2) is 31.7 Å². The minimum atomic E-state index is -0.592. The second kappa shape index (κ2) is 7.64. The summed E-state index contributed by atoms with van der Waals surface area (Å²) in [6.07, 6.45) is 6.88. The molecule has 2 atom stereocenters. The van der Waals surface area contributed by atoms with Gasteiger partial charge in [0.15, 0.2) is 5.79 Å². The predicted octanol–water partition coefficient (Wildman–Crippen LogP) is 3.15. The van der Waals surface area contributed by atoms with E-state index in [9.17, 15) is 0 Å². The Hall–Kier alpha value is -1.54. The molecule has 4 heteroatoms. The zero-order chi connectivity index (χ0) is 16.0. The van der Waals surface area contributed by atoms with Crippen molar-refractivity contribution in [1.29, 1.82) is 0 Å². The summed E-state index contributed by atoms with van der Waals surface area (Å²) >= 11 is 0. The molecule has 1 aromatic rings. The van der Waals surface area contributed by atoms with Crippen LogP contribution < -0.4 is 4.74 Å². The Morgan fingerprint density at radius 1 is 1.23 bits per heavy atom. The van der Waals surface area contributed by atoms with Gasteiger partial charge in [0, 0.05) is 6.61 Å². The highest BCUT2D eigenvalue weighted by atomic mass is 16.7. The lowest BCUT2D eigenvalue weighted by atomic mass is 10.1. The second-order valence-corrected chi connectivity index (χ2v) is 5.80. The highest BCUT2D eigenvalue weighted by Crippen LogP contribution is 2.30. The summed E-state index contributed by atoms with van der Waals surface area (Å²) in [6.45, 7) is 5.04. The SMILES string of the molecule is C#C[C@H]1OC(C)(C)O[C@@H]1CCCOCc1ccc(OC)cc1. The third-order valence-corrected chi connectivity index (χ3v) is 3.55. The molecule has 0 radical (unpaired) electrons. The molecule has 0 aliphatic carbocycles. The molecule has 120 valence electrons. The molecular formula is C18H24O4. The van der Waals surface area contributed by atoms with E-state index in [4.69, 9.17) is 25.4 Å². The standard InChI is InChI=1S/C18H24O4/c1-5-16-17(22-18(2,3)21-16)7-6-12-20-13-14-8-10-15(19-4)11-9-14/h1,8-11,16-17H,6-7,12-13H2,2-4H3/t16-,17-/m1/s1. The summed E-state index contributed by atoms with van der Waals surface area (Å²) in [5, 5.41) is 0. The Balaban J connectivity index is 1.66. The molecule has 0 bridgehead atoms. The first kappa shape index (κ1) is 16.8. The van der Waals surface area contributed by atoms with Crippen LogP contribution in [0.3, 0.4) is 0 Å². The molecule has 1 aliphatic rings. The molecule has 0 spiro atoms. The van der Waals surface area contributed by atoms with Gasteiger partial charge in [0.2, 0.25) is 0 Å². The quantitative estimate of drug-likeness (QED) is 0.573. The van der Waals surface area contributed by atoms with Crippen molar-refractivity contribution in [1.82, 2.24) is 0 Å². The third-order valence-electron chi connectivity index (χ3n) is 3.55. The smallest absolute Gasteiger partial charge is 0.165 e. The van der Waals surface area contributed by atoms with Crippen LogP contribution >= 0.6 is 0 Å². The highest BCUT2D eigenvalue weighted by Gasteiger charge is 2.39. The molecule has 0 aromatic heterocycles. The summed E-state index contributed by atoms with van der Waals surface area (Å²) in [4.78, 5) is 0. The molecule has 2 rings (SSSR count). The van der Waals surface area contributed by atoms with Crippen molar-refractivity contribution < 1.29 is 18.9 Å². The van der Waals surface area contributed by atoms with Crippen molar-refractivity contribution in [2.24, 2.45) is 0 Å². The molecule has 1 saturated heterocycles. The molecule has 1 fully saturated rings. The summed E-state index contributed by atoms with van der Waals surface area (Å²) in [5.74, 6) is 2.91. The van der Waals surface area contributed by atoms with Gasteiger partial charge in [-0.3, -0.25) is 0 Å². The number of terminal acetylenes is 1. The maximum atomic E-state index is 5.81. The summed E-state index contributed by atoms with van der Waals surface area (Å²) < 4.78 is 22.3. The number of rotatable bonds is 7. The summed E-state index contributed by atoms with van der Waals surface area (Å²) in [5.41, 5.74) is 1.13. The van der Waals surface area contributed by atoms with E-state index in [0.29, 0.717) is 13.2 Å². The fraction of sp³-hybridized carbons (Fsp3) is 0.556. The van der Waals surface area contributed by atoms with Gasteiger partial charge in [-0.25, -0.2) is 0 Å². The van der Waals surface area contributed by atoms with Crippen LogP contribution in [0.1, 0.15) is 32.3 Å². The minimum Gasteiger partial charge on any atom is -0.497 e. The van der Waals surface area contributed by atoms with E-state index in [1.165, 1.54) is 0 Å². The Bertz CT molecular complexity index is 501. The van der Waals surface area contributed by atoms with Gasteiger partial charge < -0.3 is 18.9 Å². The molecule has 0 saturated carbocycles. The van der Waals surface area contributed by atoms with Gasteiger partial charge in [-0.1, -0.05) is 18.1 Å². The van der Waals surface area contributed by atoms with Crippen molar-refractivity contribution >= 4 is 0 Å². The zero-order valence-electron chi connectivity index (χ0n) is 13.5. The first-order valence-electron chi connectivity index (χ1n) is 7.56. The average Bonchev–Trinajstić information content (AvgIpc) is 2.81. The van der Waals surface area contributed by atoms with E-state index in [1.54, 1.807) is 7.11 Å². The zero-order valence-corrected chi connectivity index (χ0v) is 13.5.